The van der Waals surface area contributed by atoms with Crippen molar-refractivity contribution < 1.29 is 32.2 Å². The Labute approximate surface area is 170 Å². The highest BCUT2D eigenvalue weighted by Crippen LogP contribution is 2.36. The van der Waals surface area contributed by atoms with Crippen molar-refractivity contribution in [1.29, 1.82) is 0 Å². The Bertz CT molecular complexity index is 1140. The molecule has 0 spiro atoms. The lowest BCUT2D eigenvalue weighted by atomic mass is 10.2. The van der Waals surface area contributed by atoms with Crippen LogP contribution in [-0.2, 0) is 19.7 Å². The molecule has 2 aromatic carbocycles. The number of benzene rings is 2. The van der Waals surface area contributed by atoms with E-state index in [1.165, 1.54) is 26.2 Å². The largest absolute Gasteiger partial charge is 0.494 e. The lowest BCUT2D eigenvalue weighted by molar-refractivity contribution is -0.387. The molecule has 0 aliphatic carbocycles. The van der Waals surface area contributed by atoms with Gasteiger partial charge in [0.1, 0.15) is 22.9 Å². The Morgan fingerprint density at radius 1 is 1.23 bits per heavy atom. The molecule has 0 aliphatic heterocycles. The monoisotopic (exact) mass is 436 g/mol. The van der Waals surface area contributed by atoms with Gasteiger partial charge in [-0.15, -0.1) is 5.11 Å². The second-order valence-electron chi connectivity index (χ2n) is 5.87. The Morgan fingerprint density at radius 2 is 1.93 bits per heavy atom. The van der Waals surface area contributed by atoms with Crippen molar-refractivity contribution in [3.8, 4) is 5.75 Å². The minimum atomic E-state index is -4.81. The molecule has 0 saturated heterocycles. The van der Waals surface area contributed by atoms with Crippen molar-refractivity contribution in [2.75, 3.05) is 12.4 Å². The first-order valence-electron chi connectivity index (χ1n) is 8.17. The topological polar surface area (TPSA) is 178 Å². The number of ether oxygens (including phenoxy) is 1. The third-order valence-corrected chi connectivity index (χ3v) is 4.49. The highest BCUT2D eigenvalue weighted by molar-refractivity contribution is 7.86. The lowest BCUT2D eigenvalue weighted by Crippen LogP contribution is -2.15. The van der Waals surface area contributed by atoms with Gasteiger partial charge in [-0.05, 0) is 31.2 Å². The van der Waals surface area contributed by atoms with Crippen LogP contribution < -0.4 is 10.1 Å². The summed E-state index contributed by atoms with van der Waals surface area (Å²) in [5, 5.41) is 21.3. The molecule has 12 nitrogen and oxygen atoms in total. The van der Waals surface area contributed by atoms with E-state index in [-0.39, 0.29) is 35.0 Å². The summed E-state index contributed by atoms with van der Waals surface area (Å²) in [6, 6.07) is 7.31. The zero-order chi connectivity index (χ0) is 22.5. The molecule has 13 heteroatoms. The van der Waals surface area contributed by atoms with Gasteiger partial charge in [0, 0.05) is 6.07 Å². The maximum Gasteiger partial charge on any atom is 0.301 e. The Morgan fingerprint density at radius 3 is 2.50 bits per heavy atom. The molecular weight excluding hydrogens is 420 g/mol. The number of para-hydroxylation sites is 1. The molecule has 0 unspecified atom stereocenters. The molecule has 1 amide bonds. The van der Waals surface area contributed by atoms with Gasteiger partial charge in [0.05, 0.1) is 24.1 Å². The van der Waals surface area contributed by atoms with E-state index in [2.05, 4.69) is 15.5 Å². The number of carbonyl (C=O) groups excluding carboxylic acids is 2. The fraction of sp³-hybridized carbons (Fsp3) is 0.176. The number of amides is 1. The number of hydrogen-bond donors (Lipinski definition) is 2. The predicted octanol–water partition coefficient (Wildman–Crippen LogP) is 3.18. The van der Waals surface area contributed by atoms with E-state index in [1.54, 1.807) is 6.07 Å². The van der Waals surface area contributed by atoms with E-state index in [4.69, 9.17) is 9.29 Å². The van der Waals surface area contributed by atoms with E-state index in [1.807, 2.05) is 0 Å². The smallest absolute Gasteiger partial charge is 0.301 e. The fourth-order valence-electron chi connectivity index (χ4n) is 2.35. The van der Waals surface area contributed by atoms with Crippen LogP contribution in [0.3, 0.4) is 0 Å². The number of hydrogen-bond acceptors (Lipinski definition) is 9. The number of anilines is 1. The first-order valence-corrected chi connectivity index (χ1v) is 9.61. The number of nitro groups is 1. The summed E-state index contributed by atoms with van der Waals surface area (Å²) in [4.78, 5) is 32.3. The SMILES string of the molecule is COc1cccc(N=Nc2ccc(S(=O)(=O)O)c([N+](=O)[O-])c2)c1NC(=O)CC(C)=O. The molecule has 0 fully saturated rings. The number of nitro benzene ring substituents is 1. The van der Waals surface area contributed by atoms with Gasteiger partial charge >= 0.3 is 10.1 Å². The molecule has 30 heavy (non-hydrogen) atoms. The maximum atomic E-state index is 12.0. The van der Waals surface area contributed by atoms with Gasteiger partial charge in [-0.1, -0.05) is 6.07 Å². The van der Waals surface area contributed by atoms with E-state index in [0.29, 0.717) is 0 Å². The molecule has 0 aromatic heterocycles. The maximum absolute atomic E-state index is 12.0. The van der Waals surface area contributed by atoms with Gasteiger partial charge in [-0.3, -0.25) is 24.3 Å². The zero-order valence-electron chi connectivity index (χ0n) is 15.7. The standard InChI is InChI=1S/C17H16N4O8S/c1-10(22)8-16(23)18-17-12(4-3-5-14(17)29-2)20-19-11-6-7-15(30(26,27)28)13(9-11)21(24)25/h3-7,9H,8H2,1-2H3,(H,18,23)(H,26,27,28). The minimum absolute atomic E-state index is 0.0852. The number of nitrogens with one attached hydrogen (secondary N) is 1. The molecule has 2 aromatic rings. The van der Waals surface area contributed by atoms with E-state index >= 15 is 0 Å². The Hall–Kier alpha value is -3.71. The fourth-order valence-corrected chi connectivity index (χ4v) is 2.99. The molecule has 0 saturated carbocycles. The second kappa shape index (κ2) is 9.19. The quantitative estimate of drug-likeness (QED) is 0.208. The van der Waals surface area contributed by atoms with Crippen LogP contribution in [0.5, 0.6) is 5.75 Å². The van der Waals surface area contributed by atoms with E-state index < -0.39 is 31.5 Å². The molecule has 0 bridgehead atoms. The summed E-state index contributed by atoms with van der Waals surface area (Å²) in [7, 11) is -3.45. The van der Waals surface area contributed by atoms with Gasteiger partial charge < -0.3 is 10.1 Å². The molecular formula is C17H16N4O8S. The summed E-state index contributed by atoms with van der Waals surface area (Å²) >= 11 is 0. The molecule has 2 rings (SSSR count). The van der Waals surface area contributed by atoms with E-state index in [0.717, 1.165) is 18.2 Å². The number of ketones is 1. The molecule has 2 N–H and O–H groups in total. The number of Topliss-reactive ketones (excluding diaryl/α,β-unsaturated/α-hetero) is 1. The summed E-state index contributed by atoms with van der Waals surface area (Å²) in [5.74, 6) is -0.718. The van der Waals surface area contributed by atoms with Crippen LogP contribution in [-0.4, -0.2) is 36.7 Å². The number of carbonyl (C=O) groups is 2. The number of methoxy groups -OCH3 is 1. The molecule has 158 valence electrons. The normalized spacial score (nSPS) is 11.3. The van der Waals surface area contributed by atoms with Crippen LogP contribution in [0.15, 0.2) is 51.5 Å². The predicted molar refractivity (Wildman–Crippen MR) is 104 cm³/mol. The Kier molecular flexibility index (Phi) is 6.92. The van der Waals surface area contributed by atoms with Gasteiger partial charge in [0.2, 0.25) is 5.91 Å². The number of rotatable bonds is 8. The van der Waals surface area contributed by atoms with Gasteiger partial charge in [-0.25, -0.2) is 0 Å². The van der Waals surface area contributed by atoms with Crippen molar-refractivity contribution in [1.82, 2.24) is 0 Å². The first kappa shape index (κ1) is 22.6. The van der Waals surface area contributed by atoms with Crippen molar-refractivity contribution in [3.05, 3.63) is 46.5 Å². The molecule has 0 radical (unpaired) electrons. The van der Waals surface area contributed by atoms with Gasteiger partial charge in [-0.2, -0.15) is 13.5 Å². The van der Waals surface area contributed by atoms with Crippen LogP contribution in [0.25, 0.3) is 0 Å². The van der Waals surface area contributed by atoms with Crippen LogP contribution >= 0.6 is 0 Å². The van der Waals surface area contributed by atoms with Crippen molar-refractivity contribution in [2.24, 2.45) is 10.2 Å². The lowest BCUT2D eigenvalue weighted by Gasteiger charge is -2.11. The van der Waals surface area contributed by atoms with Crippen LogP contribution in [0.4, 0.5) is 22.7 Å². The van der Waals surface area contributed by atoms with Crippen molar-refractivity contribution in [2.45, 2.75) is 18.2 Å². The first-order chi connectivity index (χ1) is 14.0. The molecule has 0 aliphatic rings. The van der Waals surface area contributed by atoms with Gasteiger partial charge in [0.15, 0.2) is 4.90 Å². The summed E-state index contributed by atoms with van der Waals surface area (Å²) in [6.45, 7) is 1.26. The van der Waals surface area contributed by atoms with Crippen LogP contribution in [0.2, 0.25) is 0 Å². The van der Waals surface area contributed by atoms with Gasteiger partial charge in [0.25, 0.3) is 5.69 Å². The van der Waals surface area contributed by atoms with Crippen LogP contribution in [0, 0.1) is 10.1 Å². The third kappa shape index (κ3) is 5.65. The molecule has 0 heterocycles. The summed E-state index contributed by atoms with van der Waals surface area (Å²) in [6.07, 6.45) is -0.363. The van der Waals surface area contributed by atoms with Crippen molar-refractivity contribution in [3.63, 3.8) is 0 Å². The average molecular weight is 436 g/mol. The number of azo groups is 1. The van der Waals surface area contributed by atoms with Crippen molar-refractivity contribution >= 4 is 44.6 Å². The Balaban J connectivity index is 2.45. The highest BCUT2D eigenvalue weighted by Gasteiger charge is 2.24. The highest BCUT2D eigenvalue weighted by atomic mass is 32.2. The average Bonchev–Trinajstić information content (AvgIpc) is 2.65. The number of nitrogens with zero attached hydrogens (tertiary/aromatic N) is 3. The van der Waals surface area contributed by atoms with E-state index in [9.17, 15) is 28.1 Å². The van der Waals surface area contributed by atoms with Crippen LogP contribution in [0.1, 0.15) is 13.3 Å². The summed E-state index contributed by atoms with van der Waals surface area (Å²) < 4.78 is 36.8. The molecule has 0 atom stereocenters. The third-order valence-electron chi connectivity index (χ3n) is 3.59. The zero-order valence-corrected chi connectivity index (χ0v) is 16.5. The minimum Gasteiger partial charge on any atom is -0.494 e. The summed E-state index contributed by atoms with van der Waals surface area (Å²) in [5.41, 5.74) is -0.723. The second-order valence-corrected chi connectivity index (χ2v) is 7.26.